The lowest BCUT2D eigenvalue weighted by Gasteiger charge is -2.45. The quantitative estimate of drug-likeness (QED) is 0.197. The smallest absolute Gasteiger partial charge is 0.330 e. The van der Waals surface area contributed by atoms with Crippen molar-refractivity contribution in [3.05, 3.63) is 72.8 Å². The summed E-state index contributed by atoms with van der Waals surface area (Å²) >= 11 is 0. The Kier molecular flexibility index (Phi) is 9.72. The summed E-state index contributed by atoms with van der Waals surface area (Å²) in [7, 11) is -1.20. The zero-order valence-corrected chi connectivity index (χ0v) is 20.8. The molecular formula is C27H38O3Si. The molecule has 0 N–H and O–H groups in total. The number of benzene rings is 2. The summed E-state index contributed by atoms with van der Waals surface area (Å²) in [6.45, 7) is 9.11. The lowest BCUT2D eigenvalue weighted by Crippen LogP contribution is -2.67. The molecule has 2 aromatic carbocycles. The van der Waals surface area contributed by atoms with Crippen molar-refractivity contribution in [1.82, 2.24) is 0 Å². The third kappa shape index (κ3) is 6.65. The van der Waals surface area contributed by atoms with Crippen LogP contribution in [0.3, 0.4) is 0 Å². The van der Waals surface area contributed by atoms with Crippen molar-refractivity contribution in [3.8, 4) is 0 Å². The molecule has 0 heterocycles. The number of ether oxygens (including phenoxy) is 1. The van der Waals surface area contributed by atoms with Crippen molar-refractivity contribution in [1.29, 1.82) is 0 Å². The van der Waals surface area contributed by atoms with Crippen LogP contribution in [0.1, 0.15) is 59.8 Å². The Labute approximate surface area is 189 Å². The maximum atomic E-state index is 11.6. The van der Waals surface area contributed by atoms with E-state index < -0.39 is 8.32 Å². The van der Waals surface area contributed by atoms with Crippen LogP contribution in [0.2, 0.25) is 5.04 Å². The fourth-order valence-electron chi connectivity index (χ4n) is 4.17. The minimum atomic E-state index is -2.61. The van der Waals surface area contributed by atoms with E-state index in [0.29, 0.717) is 6.42 Å². The third-order valence-electron chi connectivity index (χ3n) is 5.74. The van der Waals surface area contributed by atoms with Crippen molar-refractivity contribution in [2.75, 3.05) is 7.11 Å². The number of rotatable bonds is 11. The summed E-state index contributed by atoms with van der Waals surface area (Å²) in [6.07, 6.45) is 8.60. The summed E-state index contributed by atoms with van der Waals surface area (Å²) in [5.74, 6) is -0.322. The zero-order chi connectivity index (χ0) is 22.7. The second kappa shape index (κ2) is 12.0. The molecule has 0 radical (unpaired) electrons. The van der Waals surface area contributed by atoms with Crippen LogP contribution in [0.25, 0.3) is 0 Å². The topological polar surface area (TPSA) is 35.5 Å². The number of esters is 1. The Bertz CT molecular complexity index is 770. The first kappa shape index (κ1) is 25.1. The largest absolute Gasteiger partial charge is 0.466 e. The van der Waals surface area contributed by atoms with Crippen molar-refractivity contribution >= 4 is 24.7 Å². The van der Waals surface area contributed by atoms with Gasteiger partial charge in [-0.2, -0.15) is 0 Å². The molecular weight excluding hydrogens is 400 g/mol. The molecule has 0 aliphatic heterocycles. The number of unbranched alkanes of at least 4 members (excludes halogenated alkanes) is 2. The first-order valence-electron chi connectivity index (χ1n) is 11.4. The summed E-state index contributed by atoms with van der Waals surface area (Å²) < 4.78 is 12.0. The molecule has 1 atom stereocenters. The van der Waals surface area contributed by atoms with Crippen LogP contribution < -0.4 is 10.4 Å². The fourth-order valence-corrected chi connectivity index (χ4v) is 8.90. The molecule has 0 amide bonds. The van der Waals surface area contributed by atoms with E-state index in [1.165, 1.54) is 36.4 Å². The Morgan fingerprint density at radius 2 is 1.52 bits per heavy atom. The van der Waals surface area contributed by atoms with Gasteiger partial charge in [0.2, 0.25) is 0 Å². The molecule has 0 saturated heterocycles. The molecule has 0 aliphatic rings. The van der Waals surface area contributed by atoms with Gasteiger partial charge in [0.25, 0.3) is 8.32 Å². The van der Waals surface area contributed by atoms with Gasteiger partial charge in [0.05, 0.1) is 7.11 Å². The van der Waals surface area contributed by atoms with Crippen LogP contribution >= 0.6 is 0 Å². The van der Waals surface area contributed by atoms with Gasteiger partial charge in [-0.3, -0.25) is 0 Å². The summed E-state index contributed by atoms with van der Waals surface area (Å²) in [5.41, 5.74) is 0. The summed E-state index contributed by atoms with van der Waals surface area (Å²) in [5, 5.41) is 2.50. The number of hydrogen-bond acceptors (Lipinski definition) is 3. The van der Waals surface area contributed by atoms with Gasteiger partial charge in [-0.05, 0) is 28.3 Å². The highest BCUT2D eigenvalue weighted by molar-refractivity contribution is 6.99. The van der Waals surface area contributed by atoms with Crippen molar-refractivity contribution < 1.29 is 14.0 Å². The molecule has 2 aromatic rings. The number of carbonyl (C=O) groups excluding carboxylic acids is 1. The molecule has 0 unspecified atom stereocenters. The van der Waals surface area contributed by atoms with Gasteiger partial charge < -0.3 is 9.16 Å². The predicted molar refractivity (Wildman–Crippen MR) is 132 cm³/mol. The van der Waals surface area contributed by atoms with Gasteiger partial charge in [-0.1, -0.05) is 114 Å². The van der Waals surface area contributed by atoms with Gasteiger partial charge >= 0.3 is 5.97 Å². The van der Waals surface area contributed by atoms with E-state index in [4.69, 9.17) is 9.16 Å². The van der Waals surface area contributed by atoms with E-state index in [9.17, 15) is 4.79 Å². The predicted octanol–water partition coefficient (Wildman–Crippen LogP) is 5.63. The van der Waals surface area contributed by atoms with E-state index in [1.807, 2.05) is 6.08 Å². The van der Waals surface area contributed by atoms with E-state index in [-0.39, 0.29) is 17.1 Å². The fraction of sp³-hybridized carbons (Fsp3) is 0.444. The SMILES string of the molecule is CCCCC[C@@H](C/C=C/C(=O)OC)O[Si](c1ccccc1)(c1ccccc1)C(C)(C)C. The van der Waals surface area contributed by atoms with Gasteiger partial charge in [0.1, 0.15) is 0 Å². The monoisotopic (exact) mass is 438 g/mol. The van der Waals surface area contributed by atoms with E-state index in [2.05, 4.69) is 88.4 Å². The maximum Gasteiger partial charge on any atom is 0.330 e. The Morgan fingerprint density at radius 1 is 0.968 bits per heavy atom. The average Bonchev–Trinajstić information content (AvgIpc) is 2.77. The van der Waals surface area contributed by atoms with Crippen molar-refractivity contribution in [3.63, 3.8) is 0 Å². The van der Waals surface area contributed by atoms with Gasteiger partial charge in [-0.25, -0.2) is 4.79 Å². The molecule has 0 saturated carbocycles. The van der Waals surface area contributed by atoms with Gasteiger partial charge in [-0.15, -0.1) is 0 Å². The van der Waals surface area contributed by atoms with Gasteiger partial charge in [0, 0.05) is 12.2 Å². The molecule has 0 aromatic heterocycles. The van der Waals surface area contributed by atoms with Crippen molar-refractivity contribution in [2.24, 2.45) is 0 Å². The highest BCUT2D eigenvalue weighted by atomic mass is 28.4. The zero-order valence-electron chi connectivity index (χ0n) is 19.8. The molecule has 4 heteroatoms. The van der Waals surface area contributed by atoms with E-state index in [1.54, 1.807) is 0 Å². The van der Waals surface area contributed by atoms with Crippen LogP contribution in [-0.4, -0.2) is 27.5 Å². The second-order valence-corrected chi connectivity index (χ2v) is 13.3. The summed E-state index contributed by atoms with van der Waals surface area (Å²) in [4.78, 5) is 11.6. The van der Waals surface area contributed by atoms with Crippen LogP contribution in [0.5, 0.6) is 0 Å². The third-order valence-corrected chi connectivity index (χ3v) is 10.8. The maximum absolute atomic E-state index is 11.6. The molecule has 0 fully saturated rings. The molecule has 3 nitrogen and oxygen atoms in total. The molecule has 0 spiro atoms. The molecule has 2 rings (SSSR count). The lowest BCUT2D eigenvalue weighted by molar-refractivity contribution is -0.134. The van der Waals surface area contributed by atoms with Crippen LogP contribution in [0, 0.1) is 0 Å². The average molecular weight is 439 g/mol. The minimum absolute atomic E-state index is 0.0405. The Balaban J connectivity index is 2.51. The Morgan fingerprint density at radius 3 is 1.97 bits per heavy atom. The van der Waals surface area contributed by atoms with Crippen LogP contribution in [0.15, 0.2) is 72.8 Å². The highest BCUT2D eigenvalue weighted by Crippen LogP contribution is 2.38. The Hall–Kier alpha value is -2.17. The van der Waals surface area contributed by atoms with Crippen LogP contribution in [0.4, 0.5) is 0 Å². The van der Waals surface area contributed by atoms with E-state index in [0.717, 1.165) is 12.8 Å². The lowest BCUT2D eigenvalue weighted by atomic mass is 10.1. The number of methoxy groups -OCH3 is 1. The second-order valence-electron chi connectivity index (χ2n) is 9.06. The number of carbonyl (C=O) groups is 1. The first-order chi connectivity index (χ1) is 14.8. The molecule has 168 valence electrons. The van der Waals surface area contributed by atoms with Crippen molar-refractivity contribution in [2.45, 2.75) is 70.9 Å². The van der Waals surface area contributed by atoms with Crippen LogP contribution in [-0.2, 0) is 14.0 Å². The highest BCUT2D eigenvalue weighted by Gasteiger charge is 2.51. The number of hydrogen-bond donors (Lipinski definition) is 0. The van der Waals surface area contributed by atoms with Gasteiger partial charge in [0.15, 0.2) is 0 Å². The molecule has 0 aliphatic carbocycles. The normalized spacial score (nSPS) is 13.3. The standard InChI is InChI=1S/C27H38O3Si/c1-6-7-10-16-23(17-15-22-26(28)29-5)30-31(27(2,3)4,24-18-11-8-12-19-24)25-20-13-9-14-21-25/h8-9,11-15,18-23H,6-7,10,16-17H2,1-5H3/b22-15+/t23-/m0/s1. The molecule has 0 bridgehead atoms. The minimum Gasteiger partial charge on any atom is -0.466 e. The summed E-state index contributed by atoms with van der Waals surface area (Å²) in [6, 6.07) is 21.4. The molecule has 31 heavy (non-hydrogen) atoms. The van der Waals surface area contributed by atoms with E-state index >= 15 is 0 Å². The first-order valence-corrected chi connectivity index (χ1v) is 13.3.